The number of nitrogens with zero attached hydrogens (tertiary/aromatic N) is 2. The molecule has 0 spiro atoms. The molecule has 0 saturated carbocycles. The smallest absolute Gasteiger partial charge is 0.356 e. The fraction of sp³-hybridized carbons (Fsp3) is 0.583. The van der Waals surface area contributed by atoms with Gasteiger partial charge in [0.05, 0.1) is 0 Å². The third kappa shape index (κ3) is 2.52. The lowest BCUT2D eigenvalue weighted by Crippen LogP contribution is -2.37. The molecule has 0 aliphatic carbocycles. The molecule has 2 rings (SSSR count). The summed E-state index contributed by atoms with van der Waals surface area (Å²) >= 11 is 0. The molecule has 6 heteroatoms. The molecule has 0 radical (unpaired) electrons. The fourth-order valence-corrected chi connectivity index (χ4v) is 2.32. The number of nitrogens with one attached hydrogen (secondary N) is 1. The zero-order valence-electron chi connectivity index (χ0n) is 10.3. The van der Waals surface area contributed by atoms with E-state index in [0.29, 0.717) is 6.42 Å². The number of likely N-dealkylation sites (tertiary alicyclic amines) is 1. The first-order valence-electron chi connectivity index (χ1n) is 6.18. The number of aromatic amines is 1. The van der Waals surface area contributed by atoms with Gasteiger partial charge in [-0.1, -0.05) is 6.92 Å². The summed E-state index contributed by atoms with van der Waals surface area (Å²) in [5.41, 5.74) is 0.910. The summed E-state index contributed by atoms with van der Waals surface area (Å²) in [5.74, 6) is -0.563. The number of carbonyl (C=O) groups is 2. The van der Waals surface area contributed by atoms with Crippen molar-refractivity contribution in [2.75, 3.05) is 13.1 Å². The normalized spacial score (nSPS) is 16.8. The Balaban J connectivity index is 1.96. The second-order valence-electron chi connectivity index (χ2n) is 4.52. The molecule has 1 aromatic rings. The maximum Gasteiger partial charge on any atom is 0.356 e. The van der Waals surface area contributed by atoms with Crippen molar-refractivity contribution in [3.8, 4) is 0 Å². The molecule has 1 aliphatic heterocycles. The van der Waals surface area contributed by atoms with E-state index in [2.05, 4.69) is 10.2 Å². The van der Waals surface area contributed by atoms with E-state index < -0.39 is 5.97 Å². The summed E-state index contributed by atoms with van der Waals surface area (Å²) in [6.45, 7) is 3.33. The van der Waals surface area contributed by atoms with Crippen LogP contribution >= 0.6 is 0 Å². The predicted molar refractivity (Wildman–Crippen MR) is 64.4 cm³/mol. The van der Waals surface area contributed by atoms with E-state index in [-0.39, 0.29) is 17.5 Å². The van der Waals surface area contributed by atoms with Gasteiger partial charge in [-0.05, 0) is 18.9 Å². The number of amides is 1. The zero-order valence-corrected chi connectivity index (χ0v) is 10.3. The third-order valence-corrected chi connectivity index (χ3v) is 3.41. The van der Waals surface area contributed by atoms with Gasteiger partial charge in [0.1, 0.15) is 0 Å². The monoisotopic (exact) mass is 251 g/mol. The molecule has 1 fully saturated rings. The van der Waals surface area contributed by atoms with Crippen LogP contribution in [0.15, 0.2) is 6.07 Å². The van der Waals surface area contributed by atoms with Gasteiger partial charge in [-0.25, -0.2) is 4.79 Å². The van der Waals surface area contributed by atoms with E-state index >= 15 is 0 Å². The summed E-state index contributed by atoms with van der Waals surface area (Å²) in [6, 6.07) is 1.59. The van der Waals surface area contributed by atoms with Crippen molar-refractivity contribution in [1.82, 2.24) is 15.1 Å². The van der Waals surface area contributed by atoms with Gasteiger partial charge in [0.15, 0.2) is 5.69 Å². The summed E-state index contributed by atoms with van der Waals surface area (Å²) in [5, 5.41) is 15.3. The number of hydrogen-bond acceptors (Lipinski definition) is 3. The van der Waals surface area contributed by atoms with Crippen LogP contribution in [0.2, 0.25) is 0 Å². The van der Waals surface area contributed by atoms with Crippen LogP contribution in [0.5, 0.6) is 0 Å². The summed E-state index contributed by atoms with van der Waals surface area (Å²) in [6.07, 6.45) is 2.25. The van der Waals surface area contributed by atoms with Crippen LogP contribution in [0.1, 0.15) is 48.3 Å². The SMILES string of the molecule is CCC(=O)N1CCC(c2cc(C(=O)O)n[nH]2)CC1. The first-order chi connectivity index (χ1) is 8.61. The summed E-state index contributed by atoms with van der Waals surface area (Å²) in [7, 11) is 0. The van der Waals surface area contributed by atoms with Crippen LogP contribution in [0.25, 0.3) is 0 Å². The lowest BCUT2D eigenvalue weighted by atomic mass is 9.93. The van der Waals surface area contributed by atoms with Crippen molar-refractivity contribution in [3.63, 3.8) is 0 Å². The number of rotatable bonds is 3. The number of carboxylic acids is 1. The van der Waals surface area contributed by atoms with Crippen LogP contribution in [0.3, 0.4) is 0 Å². The van der Waals surface area contributed by atoms with Crippen LogP contribution in [-0.4, -0.2) is 45.2 Å². The van der Waals surface area contributed by atoms with Crippen LogP contribution in [0.4, 0.5) is 0 Å². The minimum absolute atomic E-state index is 0.0528. The lowest BCUT2D eigenvalue weighted by Gasteiger charge is -2.31. The fourth-order valence-electron chi connectivity index (χ4n) is 2.32. The number of aromatic nitrogens is 2. The number of piperidine rings is 1. The van der Waals surface area contributed by atoms with Crippen molar-refractivity contribution >= 4 is 11.9 Å². The molecule has 1 aromatic heterocycles. The van der Waals surface area contributed by atoms with Gasteiger partial charge in [0.2, 0.25) is 5.91 Å². The summed E-state index contributed by atoms with van der Waals surface area (Å²) in [4.78, 5) is 24.1. The number of carbonyl (C=O) groups excluding carboxylic acids is 1. The highest BCUT2D eigenvalue weighted by Crippen LogP contribution is 2.27. The Labute approximate surface area is 105 Å². The van der Waals surface area contributed by atoms with Gasteiger partial charge < -0.3 is 10.0 Å². The van der Waals surface area contributed by atoms with Gasteiger partial charge in [0, 0.05) is 31.1 Å². The lowest BCUT2D eigenvalue weighted by molar-refractivity contribution is -0.131. The quantitative estimate of drug-likeness (QED) is 0.845. The van der Waals surface area contributed by atoms with Crippen molar-refractivity contribution in [1.29, 1.82) is 0 Å². The largest absolute Gasteiger partial charge is 0.476 e. The first kappa shape index (κ1) is 12.6. The van der Waals surface area contributed by atoms with Crippen molar-refractivity contribution in [3.05, 3.63) is 17.5 Å². The maximum atomic E-state index is 11.5. The number of hydrogen-bond donors (Lipinski definition) is 2. The average molecular weight is 251 g/mol. The zero-order chi connectivity index (χ0) is 13.1. The molecule has 2 heterocycles. The minimum atomic E-state index is -1.02. The Hall–Kier alpha value is -1.85. The van der Waals surface area contributed by atoms with E-state index in [1.807, 2.05) is 11.8 Å². The number of H-pyrrole nitrogens is 1. The Morgan fingerprint density at radius 1 is 1.50 bits per heavy atom. The molecule has 1 saturated heterocycles. The van der Waals surface area contributed by atoms with E-state index in [9.17, 15) is 9.59 Å². The van der Waals surface area contributed by atoms with Crippen LogP contribution in [-0.2, 0) is 4.79 Å². The molecular weight excluding hydrogens is 234 g/mol. The average Bonchev–Trinajstić information content (AvgIpc) is 2.88. The molecule has 0 bridgehead atoms. The predicted octanol–water partition coefficient (Wildman–Crippen LogP) is 1.22. The van der Waals surface area contributed by atoms with Gasteiger partial charge in [-0.2, -0.15) is 5.10 Å². The Morgan fingerprint density at radius 3 is 2.67 bits per heavy atom. The Bertz CT molecular complexity index is 447. The van der Waals surface area contributed by atoms with Crippen LogP contribution < -0.4 is 0 Å². The standard InChI is InChI=1S/C12H17N3O3/c1-2-11(16)15-5-3-8(4-6-15)9-7-10(12(17)18)14-13-9/h7-8H,2-6H2,1H3,(H,13,14)(H,17,18). The van der Waals surface area contributed by atoms with Gasteiger partial charge in [-0.15, -0.1) is 0 Å². The van der Waals surface area contributed by atoms with Crippen molar-refractivity contribution in [2.45, 2.75) is 32.1 Å². The Morgan fingerprint density at radius 2 is 2.17 bits per heavy atom. The molecule has 0 unspecified atom stereocenters. The molecule has 2 N–H and O–H groups in total. The van der Waals surface area contributed by atoms with Crippen molar-refractivity contribution < 1.29 is 14.7 Å². The molecule has 6 nitrogen and oxygen atoms in total. The van der Waals surface area contributed by atoms with Crippen LogP contribution in [0, 0.1) is 0 Å². The molecule has 0 aromatic carbocycles. The maximum absolute atomic E-state index is 11.5. The van der Waals surface area contributed by atoms with Crippen molar-refractivity contribution in [2.24, 2.45) is 0 Å². The van der Waals surface area contributed by atoms with Gasteiger partial charge >= 0.3 is 5.97 Å². The molecule has 0 atom stereocenters. The third-order valence-electron chi connectivity index (χ3n) is 3.41. The van der Waals surface area contributed by atoms with E-state index in [0.717, 1.165) is 31.6 Å². The number of carboxylic acid groups (broad SMARTS) is 1. The molecule has 98 valence electrons. The number of aromatic carboxylic acids is 1. The topological polar surface area (TPSA) is 86.3 Å². The molecule has 1 amide bonds. The van der Waals surface area contributed by atoms with Gasteiger partial charge in [0.25, 0.3) is 0 Å². The van der Waals surface area contributed by atoms with E-state index in [1.54, 1.807) is 6.07 Å². The minimum Gasteiger partial charge on any atom is -0.476 e. The molecule has 18 heavy (non-hydrogen) atoms. The molecular formula is C12H17N3O3. The summed E-state index contributed by atoms with van der Waals surface area (Å²) < 4.78 is 0. The second kappa shape index (κ2) is 5.20. The second-order valence-corrected chi connectivity index (χ2v) is 4.52. The highest BCUT2D eigenvalue weighted by atomic mass is 16.4. The highest BCUT2D eigenvalue weighted by Gasteiger charge is 2.24. The van der Waals surface area contributed by atoms with E-state index in [4.69, 9.17) is 5.11 Å². The first-order valence-corrected chi connectivity index (χ1v) is 6.18. The Kier molecular flexibility index (Phi) is 3.64. The highest BCUT2D eigenvalue weighted by molar-refractivity contribution is 5.85. The van der Waals surface area contributed by atoms with Gasteiger partial charge in [-0.3, -0.25) is 9.89 Å². The van der Waals surface area contributed by atoms with E-state index in [1.165, 1.54) is 0 Å². The molecule has 1 aliphatic rings.